The molecule has 0 bridgehead atoms. The molecule has 0 spiro atoms. The van der Waals surface area contributed by atoms with Gasteiger partial charge in [-0.2, -0.15) is 5.10 Å². The Morgan fingerprint density at radius 3 is 2.36 bits per heavy atom. The molecular weight excluding hydrogens is 298 g/mol. The Labute approximate surface area is 131 Å². The highest BCUT2D eigenvalue weighted by molar-refractivity contribution is 6.31. The molecule has 0 amide bonds. The molecule has 0 aliphatic rings. The van der Waals surface area contributed by atoms with Crippen LogP contribution in [-0.4, -0.2) is 24.7 Å². The van der Waals surface area contributed by atoms with Crippen molar-refractivity contribution in [3.63, 3.8) is 0 Å². The van der Waals surface area contributed by atoms with Gasteiger partial charge in [-0.1, -0.05) is 29.8 Å². The third-order valence-electron chi connectivity index (χ3n) is 3.24. The average Bonchev–Trinajstić information content (AvgIpc) is 3.05. The average molecular weight is 308 g/mol. The van der Waals surface area contributed by atoms with E-state index in [2.05, 4.69) is 20.1 Å². The Morgan fingerprint density at radius 1 is 0.818 bits per heavy atom. The molecule has 0 fully saturated rings. The van der Waals surface area contributed by atoms with Gasteiger partial charge >= 0.3 is 0 Å². The van der Waals surface area contributed by atoms with Crippen LogP contribution in [0, 0.1) is 0 Å². The summed E-state index contributed by atoms with van der Waals surface area (Å²) in [5, 5.41) is 4.80. The second kappa shape index (κ2) is 5.20. The van der Waals surface area contributed by atoms with Crippen LogP contribution in [0.5, 0.6) is 0 Å². The number of benzene rings is 1. The molecule has 22 heavy (non-hydrogen) atoms. The fourth-order valence-corrected chi connectivity index (χ4v) is 2.43. The lowest BCUT2D eigenvalue weighted by atomic mass is 10.3. The Kier molecular flexibility index (Phi) is 3.05. The Bertz CT molecular complexity index is 949. The maximum Gasteiger partial charge on any atom is 0.192 e. The van der Waals surface area contributed by atoms with Crippen LogP contribution in [0.3, 0.4) is 0 Å². The molecule has 3 aromatic heterocycles. The molecule has 1 aromatic carbocycles. The van der Waals surface area contributed by atoms with E-state index in [1.807, 2.05) is 48.5 Å². The predicted molar refractivity (Wildman–Crippen MR) is 84.9 cm³/mol. The lowest BCUT2D eigenvalue weighted by molar-refractivity contribution is 0.848. The van der Waals surface area contributed by atoms with Gasteiger partial charge in [0.25, 0.3) is 0 Å². The molecule has 0 N–H and O–H groups in total. The molecule has 5 nitrogen and oxygen atoms in total. The minimum absolute atomic E-state index is 0.314. The van der Waals surface area contributed by atoms with E-state index in [4.69, 9.17) is 11.6 Å². The monoisotopic (exact) mass is 307 g/mol. The number of halogens is 1. The molecule has 0 aliphatic heterocycles. The van der Waals surface area contributed by atoms with E-state index < -0.39 is 0 Å². The molecule has 0 saturated carbocycles. The molecule has 106 valence electrons. The van der Waals surface area contributed by atoms with Crippen molar-refractivity contribution in [3.8, 4) is 17.2 Å². The van der Waals surface area contributed by atoms with Crippen LogP contribution in [0.15, 0.2) is 60.9 Å². The topological polar surface area (TPSA) is 56.5 Å². The minimum atomic E-state index is 0.314. The van der Waals surface area contributed by atoms with Gasteiger partial charge in [0, 0.05) is 12.4 Å². The maximum absolute atomic E-state index is 6.24. The molecule has 0 saturated heterocycles. The van der Waals surface area contributed by atoms with Crippen molar-refractivity contribution in [2.75, 3.05) is 0 Å². The zero-order chi connectivity index (χ0) is 14.9. The van der Waals surface area contributed by atoms with Crippen molar-refractivity contribution in [3.05, 3.63) is 66.1 Å². The smallest absolute Gasteiger partial charge is 0.192 e. The number of hydrogen-bond donors (Lipinski definition) is 0. The number of pyridine rings is 1. The van der Waals surface area contributed by atoms with Crippen LogP contribution in [-0.2, 0) is 0 Å². The van der Waals surface area contributed by atoms with E-state index in [9.17, 15) is 0 Å². The maximum atomic E-state index is 6.24. The van der Waals surface area contributed by atoms with Crippen LogP contribution in [0.25, 0.3) is 28.2 Å². The number of hydrogen-bond acceptors (Lipinski definition) is 4. The molecule has 3 heterocycles. The third kappa shape index (κ3) is 2.21. The van der Waals surface area contributed by atoms with E-state index in [1.54, 1.807) is 17.1 Å². The van der Waals surface area contributed by atoms with E-state index in [0.717, 1.165) is 22.4 Å². The normalized spacial score (nSPS) is 11.0. The van der Waals surface area contributed by atoms with Crippen molar-refractivity contribution in [1.29, 1.82) is 0 Å². The predicted octanol–water partition coefficient (Wildman–Crippen LogP) is 3.53. The first-order valence-electron chi connectivity index (χ1n) is 6.71. The summed E-state index contributed by atoms with van der Waals surface area (Å²) in [7, 11) is 0. The number of rotatable bonds is 2. The van der Waals surface area contributed by atoms with Gasteiger partial charge in [-0.05, 0) is 30.3 Å². The quantitative estimate of drug-likeness (QED) is 0.568. The summed E-state index contributed by atoms with van der Waals surface area (Å²) >= 11 is 6.24. The van der Waals surface area contributed by atoms with E-state index in [1.165, 1.54) is 0 Å². The van der Waals surface area contributed by atoms with Gasteiger partial charge in [0.1, 0.15) is 5.69 Å². The number of para-hydroxylation sites is 2. The highest BCUT2D eigenvalue weighted by Crippen LogP contribution is 2.21. The van der Waals surface area contributed by atoms with Crippen LogP contribution >= 0.6 is 11.6 Å². The summed E-state index contributed by atoms with van der Waals surface area (Å²) < 4.78 is 1.62. The van der Waals surface area contributed by atoms with Gasteiger partial charge in [0.05, 0.1) is 16.7 Å². The van der Waals surface area contributed by atoms with Crippen molar-refractivity contribution < 1.29 is 0 Å². The van der Waals surface area contributed by atoms with Gasteiger partial charge in [-0.15, -0.1) is 0 Å². The Morgan fingerprint density at radius 2 is 1.59 bits per heavy atom. The summed E-state index contributed by atoms with van der Waals surface area (Å²) in [5.41, 5.74) is 3.09. The van der Waals surface area contributed by atoms with Crippen LogP contribution < -0.4 is 0 Å². The molecule has 0 radical (unpaired) electrons. The molecule has 6 heteroatoms. The van der Waals surface area contributed by atoms with Gasteiger partial charge < -0.3 is 0 Å². The third-order valence-corrected chi connectivity index (χ3v) is 3.50. The van der Waals surface area contributed by atoms with Crippen molar-refractivity contribution in [1.82, 2.24) is 24.7 Å². The molecular formula is C16H10ClN5. The number of aromatic nitrogens is 5. The summed E-state index contributed by atoms with van der Waals surface area (Å²) in [6.07, 6.45) is 3.53. The van der Waals surface area contributed by atoms with E-state index in [0.29, 0.717) is 11.0 Å². The lowest BCUT2D eigenvalue weighted by Crippen LogP contribution is -2.02. The van der Waals surface area contributed by atoms with Gasteiger partial charge in [0.15, 0.2) is 11.0 Å². The first-order chi connectivity index (χ1) is 10.8. The van der Waals surface area contributed by atoms with Crippen LogP contribution in [0.2, 0.25) is 5.15 Å². The first kappa shape index (κ1) is 12.9. The molecule has 4 rings (SSSR count). The van der Waals surface area contributed by atoms with Crippen molar-refractivity contribution in [2.45, 2.75) is 0 Å². The fraction of sp³-hybridized carbons (Fsp3) is 0. The molecule has 0 unspecified atom stereocenters. The minimum Gasteiger partial charge on any atom is -0.255 e. The first-order valence-corrected chi connectivity index (χ1v) is 7.09. The van der Waals surface area contributed by atoms with E-state index >= 15 is 0 Å². The standard InChI is InChI=1S/C16H10ClN5/c17-15-16(20-13-7-2-1-6-12(13)19-15)22-10-8-14(21-22)11-5-3-4-9-18-11/h1-10H. The lowest BCUT2D eigenvalue weighted by Gasteiger charge is -2.04. The zero-order valence-corrected chi connectivity index (χ0v) is 12.1. The summed E-state index contributed by atoms with van der Waals surface area (Å²) in [4.78, 5) is 13.2. The molecule has 0 aliphatic carbocycles. The van der Waals surface area contributed by atoms with Crippen molar-refractivity contribution in [2.24, 2.45) is 0 Å². The van der Waals surface area contributed by atoms with Gasteiger partial charge in [0.2, 0.25) is 0 Å². The SMILES string of the molecule is Clc1nc2ccccc2nc1-n1ccc(-c2ccccn2)n1. The van der Waals surface area contributed by atoms with E-state index in [-0.39, 0.29) is 0 Å². The Hall–Kier alpha value is -2.79. The second-order valence-electron chi connectivity index (χ2n) is 4.69. The summed E-state index contributed by atoms with van der Waals surface area (Å²) in [6, 6.07) is 15.1. The highest BCUT2D eigenvalue weighted by atomic mass is 35.5. The van der Waals surface area contributed by atoms with Gasteiger partial charge in [-0.3, -0.25) is 4.98 Å². The fourth-order valence-electron chi connectivity index (χ4n) is 2.21. The van der Waals surface area contributed by atoms with Crippen molar-refractivity contribution >= 4 is 22.6 Å². The Balaban J connectivity index is 1.82. The summed E-state index contributed by atoms with van der Waals surface area (Å²) in [5.74, 6) is 0.502. The van der Waals surface area contributed by atoms with Crippen LogP contribution in [0.1, 0.15) is 0 Å². The number of fused-ring (bicyclic) bond motifs is 1. The zero-order valence-electron chi connectivity index (χ0n) is 11.4. The second-order valence-corrected chi connectivity index (χ2v) is 5.05. The summed E-state index contributed by atoms with van der Waals surface area (Å²) in [6.45, 7) is 0. The molecule has 0 atom stereocenters. The highest BCUT2D eigenvalue weighted by Gasteiger charge is 2.11. The van der Waals surface area contributed by atoms with Gasteiger partial charge in [-0.25, -0.2) is 14.6 Å². The largest absolute Gasteiger partial charge is 0.255 e. The van der Waals surface area contributed by atoms with Crippen LogP contribution in [0.4, 0.5) is 0 Å². The molecule has 4 aromatic rings. The number of nitrogens with zero attached hydrogens (tertiary/aromatic N) is 5.